The Morgan fingerprint density at radius 1 is 1.20 bits per heavy atom. The molecule has 2 heterocycles. The summed E-state index contributed by atoms with van der Waals surface area (Å²) in [5.74, 6) is 2.43. The highest BCUT2D eigenvalue weighted by molar-refractivity contribution is 7.99. The van der Waals surface area contributed by atoms with Gasteiger partial charge in [0.2, 0.25) is 0 Å². The minimum Gasteiger partial charge on any atom is -0.297 e. The highest BCUT2D eigenvalue weighted by atomic mass is 35.5. The summed E-state index contributed by atoms with van der Waals surface area (Å²) >= 11 is 13.7. The van der Waals surface area contributed by atoms with Crippen molar-refractivity contribution < 1.29 is 0 Å². The fourth-order valence-electron chi connectivity index (χ4n) is 1.62. The first-order valence-electron chi connectivity index (χ1n) is 4.86. The van der Waals surface area contributed by atoms with Gasteiger partial charge in [-0.1, -0.05) is 23.2 Å². The average Bonchev–Trinajstić information content (AvgIpc) is 2.17. The van der Waals surface area contributed by atoms with Gasteiger partial charge >= 0.3 is 0 Å². The molecule has 1 fully saturated rings. The molecule has 15 heavy (non-hydrogen) atoms. The van der Waals surface area contributed by atoms with Crippen LogP contribution in [0.15, 0.2) is 12.1 Å². The number of aromatic nitrogens is 1. The van der Waals surface area contributed by atoms with Gasteiger partial charge in [-0.25, -0.2) is 4.98 Å². The maximum absolute atomic E-state index is 5.85. The lowest BCUT2D eigenvalue weighted by Gasteiger charge is -2.26. The number of hydrogen-bond donors (Lipinski definition) is 0. The summed E-state index contributed by atoms with van der Waals surface area (Å²) < 4.78 is 0. The van der Waals surface area contributed by atoms with Crippen LogP contribution in [0.1, 0.15) is 5.56 Å². The third-order valence-electron chi connectivity index (χ3n) is 2.33. The molecule has 1 aromatic rings. The van der Waals surface area contributed by atoms with Crippen LogP contribution in [0, 0.1) is 0 Å². The minimum absolute atomic E-state index is 0.476. The number of rotatable bonds is 2. The summed E-state index contributed by atoms with van der Waals surface area (Å²) in [7, 11) is 0. The topological polar surface area (TPSA) is 16.1 Å². The van der Waals surface area contributed by atoms with Crippen LogP contribution in [0.3, 0.4) is 0 Å². The molecule has 0 aliphatic carbocycles. The van der Waals surface area contributed by atoms with Crippen molar-refractivity contribution in [2.75, 3.05) is 24.6 Å². The number of hydrogen-bond acceptors (Lipinski definition) is 3. The second kappa shape index (κ2) is 5.39. The van der Waals surface area contributed by atoms with Crippen LogP contribution in [0.25, 0.3) is 0 Å². The van der Waals surface area contributed by atoms with Gasteiger partial charge in [0.15, 0.2) is 0 Å². The molecule has 0 atom stereocenters. The van der Waals surface area contributed by atoms with Crippen molar-refractivity contribution in [2.45, 2.75) is 6.54 Å². The second-order valence-electron chi connectivity index (χ2n) is 3.51. The zero-order chi connectivity index (χ0) is 10.7. The first kappa shape index (κ1) is 11.5. The predicted octanol–water partition coefficient (Wildman–Crippen LogP) is 2.94. The summed E-state index contributed by atoms with van der Waals surface area (Å²) in [6.07, 6.45) is 0. The molecule has 0 N–H and O–H groups in total. The number of nitrogens with zero attached hydrogens (tertiary/aromatic N) is 2. The SMILES string of the molecule is Clc1cc(CN2CCSCC2)cc(Cl)n1. The second-order valence-corrected chi connectivity index (χ2v) is 5.51. The lowest BCUT2D eigenvalue weighted by Crippen LogP contribution is -2.31. The average molecular weight is 263 g/mol. The Balaban J connectivity index is 2.02. The van der Waals surface area contributed by atoms with Crippen LogP contribution in [-0.2, 0) is 6.54 Å². The molecule has 2 nitrogen and oxygen atoms in total. The summed E-state index contributed by atoms with van der Waals surface area (Å²) in [6, 6.07) is 3.77. The largest absolute Gasteiger partial charge is 0.297 e. The molecule has 0 amide bonds. The molecule has 0 unspecified atom stereocenters. The van der Waals surface area contributed by atoms with Crippen molar-refractivity contribution in [3.05, 3.63) is 28.0 Å². The van der Waals surface area contributed by atoms with Gasteiger partial charge in [-0.3, -0.25) is 4.90 Å². The van der Waals surface area contributed by atoms with Crippen molar-refractivity contribution in [3.8, 4) is 0 Å². The monoisotopic (exact) mass is 262 g/mol. The van der Waals surface area contributed by atoms with E-state index in [9.17, 15) is 0 Å². The third-order valence-corrected chi connectivity index (χ3v) is 3.66. The van der Waals surface area contributed by atoms with Gasteiger partial charge in [0.1, 0.15) is 10.3 Å². The van der Waals surface area contributed by atoms with Crippen molar-refractivity contribution in [1.29, 1.82) is 0 Å². The van der Waals surface area contributed by atoms with E-state index in [0.29, 0.717) is 10.3 Å². The molecule has 1 saturated heterocycles. The molecular weight excluding hydrogens is 251 g/mol. The van der Waals surface area contributed by atoms with Crippen molar-refractivity contribution >= 4 is 35.0 Å². The minimum atomic E-state index is 0.476. The molecule has 0 aromatic carbocycles. The molecule has 1 aliphatic heterocycles. The summed E-state index contributed by atoms with van der Waals surface area (Å²) in [5.41, 5.74) is 1.15. The molecule has 82 valence electrons. The highest BCUT2D eigenvalue weighted by Gasteiger charge is 2.11. The quantitative estimate of drug-likeness (QED) is 0.763. The van der Waals surface area contributed by atoms with Crippen LogP contribution in [0.4, 0.5) is 0 Å². The van der Waals surface area contributed by atoms with Crippen molar-refractivity contribution in [3.63, 3.8) is 0 Å². The number of halogens is 2. The van der Waals surface area contributed by atoms with Gasteiger partial charge in [0.05, 0.1) is 0 Å². The van der Waals surface area contributed by atoms with Crippen LogP contribution in [0.5, 0.6) is 0 Å². The van der Waals surface area contributed by atoms with Gasteiger partial charge in [-0.05, 0) is 17.7 Å². The maximum Gasteiger partial charge on any atom is 0.131 e. The first-order valence-corrected chi connectivity index (χ1v) is 6.77. The van der Waals surface area contributed by atoms with E-state index < -0.39 is 0 Å². The Bertz CT molecular complexity index is 320. The molecule has 1 aliphatic rings. The zero-order valence-electron chi connectivity index (χ0n) is 8.25. The smallest absolute Gasteiger partial charge is 0.131 e. The van der Waals surface area contributed by atoms with Crippen molar-refractivity contribution in [1.82, 2.24) is 9.88 Å². The number of pyridine rings is 1. The maximum atomic E-state index is 5.85. The zero-order valence-corrected chi connectivity index (χ0v) is 10.6. The first-order chi connectivity index (χ1) is 7.24. The standard InChI is InChI=1S/C10H12Cl2N2S/c11-9-5-8(6-10(12)13-9)7-14-1-3-15-4-2-14/h5-6H,1-4,7H2. The normalized spacial score (nSPS) is 18.0. The van der Waals surface area contributed by atoms with Gasteiger partial charge in [-0.2, -0.15) is 11.8 Å². The van der Waals surface area contributed by atoms with Crippen LogP contribution >= 0.6 is 35.0 Å². The molecule has 5 heteroatoms. The molecule has 1 aromatic heterocycles. The number of thioether (sulfide) groups is 1. The van der Waals surface area contributed by atoms with Crippen molar-refractivity contribution in [2.24, 2.45) is 0 Å². The highest BCUT2D eigenvalue weighted by Crippen LogP contribution is 2.18. The molecule has 0 spiro atoms. The Hall–Kier alpha value is 0.0400. The van der Waals surface area contributed by atoms with E-state index in [1.807, 2.05) is 23.9 Å². The van der Waals surface area contributed by atoms with E-state index in [-0.39, 0.29) is 0 Å². The Kier molecular flexibility index (Phi) is 4.14. The van der Waals surface area contributed by atoms with E-state index in [1.54, 1.807) is 0 Å². The van der Waals surface area contributed by atoms with Crippen LogP contribution in [0.2, 0.25) is 10.3 Å². The Labute approximate surface area is 104 Å². The van der Waals surface area contributed by atoms with E-state index in [2.05, 4.69) is 9.88 Å². The van der Waals surface area contributed by atoms with E-state index in [4.69, 9.17) is 23.2 Å². The fraction of sp³-hybridized carbons (Fsp3) is 0.500. The molecule has 2 rings (SSSR count). The van der Waals surface area contributed by atoms with Gasteiger partial charge < -0.3 is 0 Å². The molecule has 0 bridgehead atoms. The third kappa shape index (κ3) is 3.52. The molecular formula is C10H12Cl2N2S. The summed E-state index contributed by atoms with van der Waals surface area (Å²) in [5, 5.41) is 0.952. The Morgan fingerprint density at radius 3 is 2.40 bits per heavy atom. The van der Waals surface area contributed by atoms with Gasteiger partial charge in [0, 0.05) is 31.1 Å². The lowest BCUT2D eigenvalue weighted by atomic mass is 10.2. The predicted molar refractivity (Wildman–Crippen MR) is 66.9 cm³/mol. The van der Waals surface area contributed by atoms with Gasteiger partial charge in [-0.15, -0.1) is 0 Å². The fourth-order valence-corrected chi connectivity index (χ4v) is 3.11. The van der Waals surface area contributed by atoms with E-state index >= 15 is 0 Å². The molecule has 0 radical (unpaired) electrons. The van der Waals surface area contributed by atoms with E-state index in [1.165, 1.54) is 11.5 Å². The Morgan fingerprint density at radius 2 is 1.80 bits per heavy atom. The lowest BCUT2D eigenvalue weighted by molar-refractivity contribution is 0.294. The summed E-state index contributed by atoms with van der Waals surface area (Å²) in [4.78, 5) is 6.35. The summed E-state index contributed by atoms with van der Waals surface area (Å²) in [6.45, 7) is 3.20. The van der Waals surface area contributed by atoms with E-state index in [0.717, 1.165) is 25.2 Å². The van der Waals surface area contributed by atoms with Crippen LogP contribution < -0.4 is 0 Å². The van der Waals surface area contributed by atoms with Gasteiger partial charge in [0.25, 0.3) is 0 Å². The molecule has 0 saturated carbocycles. The van der Waals surface area contributed by atoms with Crippen LogP contribution in [-0.4, -0.2) is 34.5 Å².